The van der Waals surface area contributed by atoms with Crippen molar-refractivity contribution < 1.29 is 27.6 Å². The minimum absolute atomic E-state index is 0.0414. The van der Waals surface area contributed by atoms with E-state index < -0.39 is 38.3 Å². The van der Waals surface area contributed by atoms with E-state index in [0.717, 1.165) is 18.2 Å². The van der Waals surface area contributed by atoms with E-state index in [0.29, 0.717) is 0 Å². The molecule has 3 aromatic rings. The number of carbonyl (C=O) groups excluding carboxylic acids is 4. The number of rotatable bonds is 5. The number of sulfonamides is 1. The highest BCUT2D eigenvalue weighted by atomic mass is 32.2. The average molecular weight is 449 g/mol. The van der Waals surface area contributed by atoms with Crippen molar-refractivity contribution in [1.82, 2.24) is 0 Å². The van der Waals surface area contributed by atoms with Crippen LogP contribution in [0, 0.1) is 0 Å². The van der Waals surface area contributed by atoms with Gasteiger partial charge in [0.05, 0.1) is 16.1 Å². The molecule has 1 aliphatic rings. The Morgan fingerprint density at radius 3 is 1.81 bits per heavy atom. The van der Waals surface area contributed by atoms with Crippen molar-refractivity contribution in [2.24, 2.45) is 11.5 Å². The van der Waals surface area contributed by atoms with E-state index in [4.69, 9.17) is 11.5 Å². The zero-order chi connectivity index (χ0) is 23.2. The second kappa shape index (κ2) is 7.43. The first-order valence-corrected chi connectivity index (χ1v) is 10.7. The number of carbonyl (C=O) groups is 4. The van der Waals surface area contributed by atoms with Crippen LogP contribution in [0.25, 0.3) is 0 Å². The van der Waals surface area contributed by atoms with Crippen molar-refractivity contribution in [3.05, 3.63) is 94.0 Å². The van der Waals surface area contributed by atoms with Crippen molar-refractivity contribution in [1.29, 1.82) is 0 Å². The Morgan fingerprint density at radius 2 is 1.25 bits per heavy atom. The number of primary amides is 2. The van der Waals surface area contributed by atoms with Gasteiger partial charge in [-0.15, -0.1) is 0 Å². The molecule has 4 rings (SSSR count). The minimum Gasteiger partial charge on any atom is -0.366 e. The first kappa shape index (κ1) is 20.9. The number of hydrogen-bond acceptors (Lipinski definition) is 6. The van der Waals surface area contributed by atoms with Crippen molar-refractivity contribution in [3.63, 3.8) is 0 Å². The Kier molecular flexibility index (Phi) is 4.86. The highest BCUT2D eigenvalue weighted by molar-refractivity contribution is 7.92. The van der Waals surface area contributed by atoms with E-state index in [1.807, 2.05) is 0 Å². The molecule has 32 heavy (non-hydrogen) atoms. The summed E-state index contributed by atoms with van der Waals surface area (Å²) in [4.78, 5) is 48.7. The van der Waals surface area contributed by atoms with Crippen molar-refractivity contribution >= 4 is 39.1 Å². The molecule has 2 amide bonds. The number of hydrogen-bond donors (Lipinski definition) is 3. The van der Waals surface area contributed by atoms with Gasteiger partial charge in [0.1, 0.15) is 0 Å². The van der Waals surface area contributed by atoms with Crippen LogP contribution in [-0.2, 0) is 10.0 Å². The van der Waals surface area contributed by atoms with Crippen LogP contribution in [0.3, 0.4) is 0 Å². The summed E-state index contributed by atoms with van der Waals surface area (Å²) in [6.07, 6.45) is 0. The van der Waals surface area contributed by atoms with Crippen LogP contribution in [0.15, 0.2) is 65.6 Å². The molecule has 0 spiro atoms. The fourth-order valence-electron chi connectivity index (χ4n) is 3.52. The number of anilines is 1. The van der Waals surface area contributed by atoms with Crippen LogP contribution >= 0.6 is 0 Å². The number of benzene rings is 3. The third kappa shape index (κ3) is 3.42. The Hall–Kier alpha value is -4.31. The van der Waals surface area contributed by atoms with Gasteiger partial charge in [-0.25, -0.2) is 8.42 Å². The fourth-order valence-corrected chi connectivity index (χ4v) is 4.79. The van der Waals surface area contributed by atoms with Gasteiger partial charge in [-0.2, -0.15) is 0 Å². The highest BCUT2D eigenvalue weighted by Crippen LogP contribution is 2.32. The van der Waals surface area contributed by atoms with Crippen molar-refractivity contribution in [2.75, 3.05) is 4.72 Å². The largest absolute Gasteiger partial charge is 0.366 e. The molecule has 5 N–H and O–H groups in total. The van der Waals surface area contributed by atoms with Gasteiger partial charge in [-0.05, 0) is 24.3 Å². The second-order valence-electron chi connectivity index (χ2n) is 7.02. The van der Waals surface area contributed by atoms with Gasteiger partial charge in [0.25, 0.3) is 10.0 Å². The summed E-state index contributed by atoms with van der Waals surface area (Å²) >= 11 is 0. The molecule has 1 aliphatic carbocycles. The molecule has 0 saturated heterocycles. The standard InChI is InChI=1S/C22H15N3O6S/c23-21(28)11-8-12(22(24)29)10-13(9-11)25-32(30,31)17-7-3-6-16-18(17)20(27)15-5-2-1-4-14(15)19(16)26/h1-10,25H,(H2,23,28)(H2,24,29). The molecule has 3 aromatic carbocycles. The normalized spacial score (nSPS) is 12.6. The molecule has 0 radical (unpaired) electrons. The van der Waals surface area contributed by atoms with Gasteiger partial charge in [0.2, 0.25) is 11.8 Å². The summed E-state index contributed by atoms with van der Waals surface area (Å²) in [5.41, 5.74) is 10.0. The molecule has 0 bridgehead atoms. The quantitative estimate of drug-likeness (QED) is 0.417. The minimum atomic E-state index is -4.43. The van der Waals surface area contributed by atoms with Gasteiger partial charge >= 0.3 is 0 Å². The highest BCUT2D eigenvalue weighted by Gasteiger charge is 2.34. The lowest BCUT2D eigenvalue weighted by molar-refractivity contribution is 0.0976. The maximum absolute atomic E-state index is 13.2. The van der Waals surface area contributed by atoms with Crippen LogP contribution in [0.5, 0.6) is 0 Å². The number of nitrogens with two attached hydrogens (primary N) is 2. The molecular formula is C22H15N3O6S. The number of fused-ring (bicyclic) bond motifs is 2. The molecule has 10 heteroatoms. The lowest BCUT2D eigenvalue weighted by Crippen LogP contribution is -2.25. The number of amides is 2. The van der Waals surface area contributed by atoms with Crippen LogP contribution in [-0.4, -0.2) is 31.8 Å². The molecule has 0 unspecified atom stereocenters. The molecule has 0 fully saturated rings. The molecular weight excluding hydrogens is 434 g/mol. The molecule has 0 aromatic heterocycles. The fraction of sp³-hybridized carbons (Fsp3) is 0. The van der Waals surface area contributed by atoms with E-state index in [9.17, 15) is 27.6 Å². The lowest BCUT2D eigenvalue weighted by atomic mass is 9.84. The van der Waals surface area contributed by atoms with E-state index in [-0.39, 0.29) is 39.1 Å². The summed E-state index contributed by atoms with van der Waals surface area (Å²) in [5.74, 6) is -2.88. The Labute approximate surface area is 182 Å². The van der Waals surface area contributed by atoms with Gasteiger partial charge < -0.3 is 11.5 Å². The van der Waals surface area contributed by atoms with Crippen LogP contribution in [0.1, 0.15) is 52.6 Å². The Bertz CT molecular complexity index is 1430. The van der Waals surface area contributed by atoms with Crippen LogP contribution < -0.4 is 16.2 Å². The van der Waals surface area contributed by atoms with Gasteiger partial charge in [-0.3, -0.25) is 23.9 Å². The average Bonchev–Trinajstić information content (AvgIpc) is 2.76. The lowest BCUT2D eigenvalue weighted by Gasteiger charge is -2.20. The summed E-state index contributed by atoms with van der Waals surface area (Å²) in [6.45, 7) is 0. The number of ketones is 2. The van der Waals surface area contributed by atoms with Crippen LogP contribution in [0.4, 0.5) is 5.69 Å². The van der Waals surface area contributed by atoms with Crippen LogP contribution in [0.2, 0.25) is 0 Å². The zero-order valence-electron chi connectivity index (χ0n) is 16.3. The van der Waals surface area contributed by atoms with Gasteiger partial charge in [0.15, 0.2) is 11.6 Å². The summed E-state index contributed by atoms with van der Waals surface area (Å²) < 4.78 is 28.6. The van der Waals surface area contributed by atoms with Gasteiger partial charge in [0, 0.05) is 27.8 Å². The predicted octanol–water partition coefficient (Wildman–Crippen LogP) is 1.46. The molecule has 0 saturated carbocycles. The first-order chi connectivity index (χ1) is 15.1. The Balaban J connectivity index is 1.84. The second-order valence-corrected chi connectivity index (χ2v) is 8.67. The third-order valence-corrected chi connectivity index (χ3v) is 6.38. The van der Waals surface area contributed by atoms with E-state index in [1.165, 1.54) is 30.3 Å². The topological polar surface area (TPSA) is 166 Å². The summed E-state index contributed by atoms with van der Waals surface area (Å²) in [5, 5.41) is 0. The molecule has 0 atom stereocenters. The van der Waals surface area contributed by atoms with E-state index in [1.54, 1.807) is 12.1 Å². The molecule has 0 heterocycles. The molecule has 160 valence electrons. The summed E-state index contributed by atoms with van der Waals surface area (Å²) in [6, 6.07) is 13.4. The SMILES string of the molecule is NC(=O)c1cc(NS(=O)(=O)c2cccc3c2C(=O)c2ccccc2C3=O)cc(C(N)=O)c1. The monoisotopic (exact) mass is 449 g/mol. The number of nitrogens with one attached hydrogen (secondary N) is 1. The maximum Gasteiger partial charge on any atom is 0.262 e. The van der Waals surface area contributed by atoms with Crippen molar-refractivity contribution in [2.45, 2.75) is 4.90 Å². The van der Waals surface area contributed by atoms with E-state index in [2.05, 4.69) is 4.72 Å². The zero-order valence-corrected chi connectivity index (χ0v) is 17.1. The maximum atomic E-state index is 13.2. The van der Waals surface area contributed by atoms with Crippen molar-refractivity contribution in [3.8, 4) is 0 Å². The first-order valence-electron chi connectivity index (χ1n) is 9.19. The molecule has 9 nitrogen and oxygen atoms in total. The Morgan fingerprint density at radius 1 is 0.719 bits per heavy atom. The predicted molar refractivity (Wildman–Crippen MR) is 114 cm³/mol. The molecule has 0 aliphatic heterocycles. The summed E-state index contributed by atoms with van der Waals surface area (Å²) in [7, 11) is -4.43. The van der Waals surface area contributed by atoms with E-state index >= 15 is 0 Å². The third-order valence-electron chi connectivity index (χ3n) is 4.96. The smallest absolute Gasteiger partial charge is 0.262 e. The van der Waals surface area contributed by atoms with Gasteiger partial charge in [-0.1, -0.05) is 36.4 Å².